The summed E-state index contributed by atoms with van der Waals surface area (Å²) in [5, 5.41) is 3.02. The summed E-state index contributed by atoms with van der Waals surface area (Å²) in [5.41, 5.74) is 5.91. The summed E-state index contributed by atoms with van der Waals surface area (Å²) in [7, 11) is 0. The molecule has 0 spiro atoms. The SMILES string of the molecule is CCC(C)C(N)C(=O)NCCC1CC2CCC1C2.Cl. The third-order valence-corrected chi connectivity index (χ3v) is 5.26. The molecule has 19 heavy (non-hydrogen) atoms. The summed E-state index contributed by atoms with van der Waals surface area (Å²) in [4.78, 5) is 11.8. The lowest BCUT2D eigenvalue weighted by molar-refractivity contribution is -0.123. The van der Waals surface area contributed by atoms with E-state index in [1.807, 2.05) is 6.92 Å². The smallest absolute Gasteiger partial charge is 0.237 e. The van der Waals surface area contributed by atoms with Crippen LogP contribution in [0.15, 0.2) is 0 Å². The Kier molecular flexibility index (Phi) is 6.61. The van der Waals surface area contributed by atoms with E-state index in [-0.39, 0.29) is 30.3 Å². The highest BCUT2D eigenvalue weighted by Gasteiger charge is 2.38. The van der Waals surface area contributed by atoms with Crippen molar-refractivity contribution in [3.8, 4) is 0 Å². The molecule has 3 nitrogen and oxygen atoms in total. The van der Waals surface area contributed by atoms with E-state index in [4.69, 9.17) is 5.73 Å². The third-order valence-electron chi connectivity index (χ3n) is 5.26. The van der Waals surface area contributed by atoms with Crippen LogP contribution in [0.3, 0.4) is 0 Å². The summed E-state index contributed by atoms with van der Waals surface area (Å²) in [6, 6.07) is -0.338. The van der Waals surface area contributed by atoms with Crippen LogP contribution in [-0.2, 0) is 4.79 Å². The molecular formula is C15H29ClN2O. The molecule has 0 aromatic rings. The number of nitrogens with one attached hydrogen (secondary N) is 1. The van der Waals surface area contributed by atoms with E-state index >= 15 is 0 Å². The zero-order valence-electron chi connectivity index (χ0n) is 12.2. The molecule has 1 amide bonds. The first kappa shape index (κ1) is 16.8. The molecule has 5 unspecified atom stereocenters. The van der Waals surface area contributed by atoms with Crippen LogP contribution in [0.1, 0.15) is 52.4 Å². The Morgan fingerprint density at radius 3 is 2.63 bits per heavy atom. The maximum absolute atomic E-state index is 11.8. The van der Waals surface area contributed by atoms with E-state index in [1.165, 1.54) is 25.7 Å². The maximum Gasteiger partial charge on any atom is 0.237 e. The summed E-state index contributed by atoms with van der Waals surface area (Å²) < 4.78 is 0. The molecule has 2 bridgehead atoms. The van der Waals surface area contributed by atoms with Gasteiger partial charge < -0.3 is 11.1 Å². The van der Waals surface area contributed by atoms with Gasteiger partial charge in [-0.1, -0.05) is 26.7 Å². The van der Waals surface area contributed by atoms with Crippen LogP contribution in [0.2, 0.25) is 0 Å². The Bertz CT molecular complexity index is 298. The minimum atomic E-state index is -0.338. The molecule has 0 heterocycles. The van der Waals surface area contributed by atoms with Crippen LogP contribution < -0.4 is 11.1 Å². The zero-order valence-corrected chi connectivity index (χ0v) is 13.0. The molecule has 2 aliphatic rings. The summed E-state index contributed by atoms with van der Waals surface area (Å²) in [5.74, 6) is 3.12. The summed E-state index contributed by atoms with van der Waals surface area (Å²) in [6.07, 6.45) is 7.84. The molecule has 0 radical (unpaired) electrons. The largest absolute Gasteiger partial charge is 0.355 e. The van der Waals surface area contributed by atoms with Crippen molar-refractivity contribution in [3.05, 3.63) is 0 Å². The molecule has 0 aromatic heterocycles. The first-order valence-electron chi connectivity index (χ1n) is 7.65. The highest BCUT2D eigenvalue weighted by Crippen LogP contribution is 2.49. The number of amides is 1. The van der Waals surface area contributed by atoms with Crippen molar-refractivity contribution in [2.75, 3.05) is 6.54 Å². The molecule has 0 aliphatic heterocycles. The Morgan fingerprint density at radius 1 is 1.37 bits per heavy atom. The molecule has 3 N–H and O–H groups in total. The van der Waals surface area contributed by atoms with E-state index in [2.05, 4.69) is 12.2 Å². The number of rotatable bonds is 6. The fourth-order valence-corrected chi connectivity index (χ4v) is 3.74. The quantitative estimate of drug-likeness (QED) is 0.789. The zero-order chi connectivity index (χ0) is 13.1. The lowest BCUT2D eigenvalue weighted by Gasteiger charge is -2.22. The van der Waals surface area contributed by atoms with Crippen molar-refractivity contribution < 1.29 is 4.79 Å². The first-order valence-corrected chi connectivity index (χ1v) is 7.65. The van der Waals surface area contributed by atoms with Crippen molar-refractivity contribution in [1.29, 1.82) is 0 Å². The molecule has 0 aromatic carbocycles. The van der Waals surface area contributed by atoms with Gasteiger partial charge in [0.2, 0.25) is 5.91 Å². The molecule has 4 heteroatoms. The number of halogens is 1. The topological polar surface area (TPSA) is 55.1 Å². The Morgan fingerprint density at radius 2 is 2.11 bits per heavy atom. The van der Waals surface area contributed by atoms with Gasteiger partial charge in [0, 0.05) is 6.54 Å². The lowest BCUT2D eigenvalue weighted by atomic mass is 9.86. The number of carbonyl (C=O) groups is 1. The van der Waals surface area contributed by atoms with Crippen molar-refractivity contribution in [2.45, 2.75) is 58.4 Å². The third kappa shape index (κ3) is 4.09. The molecule has 112 valence electrons. The second kappa shape index (κ2) is 7.49. The Labute approximate surface area is 123 Å². The monoisotopic (exact) mass is 288 g/mol. The molecular weight excluding hydrogens is 260 g/mol. The van der Waals surface area contributed by atoms with Gasteiger partial charge in [0.1, 0.15) is 0 Å². The minimum Gasteiger partial charge on any atom is -0.355 e. The standard InChI is InChI=1S/C15H28N2O.ClH/c1-3-10(2)14(16)15(18)17-7-6-13-9-11-4-5-12(13)8-11;/h10-14H,3-9,16H2,1-2H3,(H,17,18);1H. The number of nitrogens with two attached hydrogens (primary N) is 1. The average molecular weight is 289 g/mol. The van der Waals surface area contributed by atoms with Gasteiger partial charge in [-0.25, -0.2) is 0 Å². The van der Waals surface area contributed by atoms with Crippen molar-refractivity contribution in [1.82, 2.24) is 5.32 Å². The fraction of sp³-hybridized carbons (Fsp3) is 0.933. The van der Waals surface area contributed by atoms with E-state index in [0.29, 0.717) is 0 Å². The molecule has 2 rings (SSSR count). The number of hydrogen-bond donors (Lipinski definition) is 2. The highest BCUT2D eigenvalue weighted by molar-refractivity contribution is 5.85. The Hall–Kier alpha value is -0.280. The van der Waals surface area contributed by atoms with Crippen LogP contribution in [0.5, 0.6) is 0 Å². The van der Waals surface area contributed by atoms with Crippen LogP contribution in [0.4, 0.5) is 0 Å². The van der Waals surface area contributed by atoms with E-state index in [1.54, 1.807) is 0 Å². The normalized spacial score (nSPS) is 31.6. The second-order valence-corrected chi connectivity index (χ2v) is 6.43. The predicted octanol–water partition coefficient (Wildman–Crippen LogP) is 2.72. The Balaban J connectivity index is 0.00000180. The van der Waals surface area contributed by atoms with Gasteiger partial charge >= 0.3 is 0 Å². The fourth-order valence-electron chi connectivity index (χ4n) is 3.74. The van der Waals surface area contributed by atoms with Gasteiger partial charge in [-0.2, -0.15) is 0 Å². The van der Waals surface area contributed by atoms with Gasteiger partial charge in [-0.3, -0.25) is 4.79 Å². The molecule has 2 aliphatic carbocycles. The number of carbonyl (C=O) groups excluding carboxylic acids is 1. The number of hydrogen-bond acceptors (Lipinski definition) is 2. The van der Waals surface area contributed by atoms with E-state index in [9.17, 15) is 4.79 Å². The summed E-state index contributed by atoms with van der Waals surface area (Å²) >= 11 is 0. The van der Waals surface area contributed by atoms with Gasteiger partial charge in [0.25, 0.3) is 0 Å². The van der Waals surface area contributed by atoms with Gasteiger partial charge in [0.15, 0.2) is 0 Å². The second-order valence-electron chi connectivity index (χ2n) is 6.43. The summed E-state index contributed by atoms with van der Waals surface area (Å²) in [6.45, 7) is 4.93. The van der Waals surface area contributed by atoms with Crippen LogP contribution in [0.25, 0.3) is 0 Å². The van der Waals surface area contributed by atoms with Crippen LogP contribution in [0, 0.1) is 23.7 Å². The van der Waals surface area contributed by atoms with Crippen LogP contribution in [-0.4, -0.2) is 18.5 Å². The number of fused-ring (bicyclic) bond motifs is 2. The van der Waals surface area contributed by atoms with Crippen molar-refractivity contribution in [2.24, 2.45) is 29.4 Å². The van der Waals surface area contributed by atoms with Gasteiger partial charge in [-0.15, -0.1) is 12.4 Å². The molecule has 2 fully saturated rings. The predicted molar refractivity (Wildman–Crippen MR) is 81.2 cm³/mol. The van der Waals surface area contributed by atoms with Crippen molar-refractivity contribution >= 4 is 18.3 Å². The first-order chi connectivity index (χ1) is 8.61. The van der Waals surface area contributed by atoms with Crippen LogP contribution >= 0.6 is 12.4 Å². The van der Waals surface area contributed by atoms with Crippen molar-refractivity contribution in [3.63, 3.8) is 0 Å². The average Bonchev–Trinajstić information content (AvgIpc) is 2.99. The molecule has 0 saturated heterocycles. The van der Waals surface area contributed by atoms with E-state index < -0.39 is 0 Å². The molecule has 5 atom stereocenters. The molecule has 2 saturated carbocycles. The highest BCUT2D eigenvalue weighted by atomic mass is 35.5. The van der Waals surface area contributed by atoms with Gasteiger partial charge in [-0.05, 0) is 49.4 Å². The van der Waals surface area contributed by atoms with Gasteiger partial charge in [0.05, 0.1) is 6.04 Å². The maximum atomic E-state index is 11.8. The lowest BCUT2D eigenvalue weighted by Crippen LogP contribution is -2.45. The van der Waals surface area contributed by atoms with E-state index in [0.717, 1.165) is 37.1 Å². The minimum absolute atomic E-state index is 0.